The maximum atomic E-state index is 8.18. The van der Waals surface area contributed by atoms with Gasteiger partial charge in [-0.15, -0.1) is 0 Å². The van der Waals surface area contributed by atoms with E-state index in [4.69, 9.17) is 19.6 Å². The van der Waals surface area contributed by atoms with Crippen molar-refractivity contribution in [3.63, 3.8) is 0 Å². The molecule has 0 spiro atoms. The second-order valence-electron chi connectivity index (χ2n) is 0.859. The van der Waals surface area contributed by atoms with Gasteiger partial charge in [-0.05, 0) is 0 Å². The third kappa shape index (κ3) is 11.7. The molecule has 0 aliphatic carbocycles. The Hall–Kier alpha value is 1.67. The van der Waals surface area contributed by atoms with Gasteiger partial charge in [0.25, 0.3) is 0 Å². The van der Waals surface area contributed by atoms with Gasteiger partial charge in [0.15, 0.2) is 0 Å². The van der Waals surface area contributed by atoms with Crippen molar-refractivity contribution in [2.24, 2.45) is 0 Å². The SMILES string of the molecule is OP(O)OSSSOP(O)O. The van der Waals surface area contributed by atoms with Crippen molar-refractivity contribution in [1.82, 2.24) is 0 Å². The molecule has 6 nitrogen and oxygen atoms in total. The van der Waals surface area contributed by atoms with E-state index in [1.165, 1.54) is 0 Å². The third-order valence-electron chi connectivity index (χ3n) is 0.250. The van der Waals surface area contributed by atoms with Crippen LogP contribution in [-0.4, -0.2) is 19.6 Å². The van der Waals surface area contributed by atoms with Crippen molar-refractivity contribution in [3.8, 4) is 0 Å². The van der Waals surface area contributed by atoms with Crippen molar-refractivity contribution >= 4 is 49.2 Å². The van der Waals surface area contributed by atoms with Crippen LogP contribution in [0, 0.1) is 0 Å². The van der Waals surface area contributed by atoms with E-state index < -0.39 is 17.2 Å². The normalized spacial score (nSPS) is 11.5. The molecule has 68 valence electrons. The van der Waals surface area contributed by atoms with Crippen LogP contribution >= 0.6 is 49.2 Å². The summed E-state index contributed by atoms with van der Waals surface area (Å²) in [6.07, 6.45) is 0. The zero-order valence-corrected chi connectivity index (χ0v) is 8.96. The Bertz CT molecular complexity index is 77.9. The van der Waals surface area contributed by atoms with Crippen LogP contribution in [-0.2, 0) is 7.94 Å². The summed E-state index contributed by atoms with van der Waals surface area (Å²) < 4.78 is 8.44. The van der Waals surface area contributed by atoms with Crippen molar-refractivity contribution < 1.29 is 27.5 Å². The van der Waals surface area contributed by atoms with E-state index in [0.29, 0.717) is 22.1 Å². The number of hydrogen-bond donors (Lipinski definition) is 4. The van der Waals surface area contributed by atoms with Crippen molar-refractivity contribution in [3.05, 3.63) is 0 Å². The molecule has 0 fully saturated rings. The standard InChI is InChI=1S/H4O6P2S3/c1-7(2)5-9-11-10-6-8(3)4/h1-4H. The van der Waals surface area contributed by atoms with Gasteiger partial charge in [0, 0.05) is 9.83 Å². The van der Waals surface area contributed by atoms with Crippen molar-refractivity contribution in [2.75, 3.05) is 0 Å². The molecule has 0 aliphatic heterocycles. The van der Waals surface area contributed by atoms with E-state index in [1.54, 1.807) is 0 Å². The molecule has 4 N–H and O–H groups in total. The lowest BCUT2D eigenvalue weighted by Gasteiger charge is -2.00. The van der Waals surface area contributed by atoms with Gasteiger partial charge in [-0.25, -0.2) is 7.94 Å². The molecule has 0 aliphatic rings. The quantitative estimate of drug-likeness (QED) is 0.243. The van der Waals surface area contributed by atoms with Crippen LogP contribution in [0.5, 0.6) is 0 Å². The van der Waals surface area contributed by atoms with Crippen molar-refractivity contribution in [1.29, 1.82) is 0 Å². The molecule has 0 heterocycles. The Morgan fingerprint density at radius 2 is 1.18 bits per heavy atom. The molecule has 0 aromatic carbocycles. The van der Waals surface area contributed by atoms with Crippen LogP contribution in [0.25, 0.3) is 0 Å². The summed E-state index contributed by atoms with van der Waals surface area (Å²) in [5.74, 6) is 0. The van der Waals surface area contributed by atoms with E-state index in [9.17, 15) is 0 Å². The summed E-state index contributed by atoms with van der Waals surface area (Å²) >= 11 is 1.35. The van der Waals surface area contributed by atoms with Gasteiger partial charge in [0.1, 0.15) is 0 Å². The van der Waals surface area contributed by atoms with Gasteiger partial charge in [0.2, 0.25) is 0 Å². The van der Waals surface area contributed by atoms with E-state index in [2.05, 4.69) is 7.94 Å². The number of rotatable bonds is 6. The van der Waals surface area contributed by atoms with Gasteiger partial charge < -0.3 is 19.6 Å². The van der Waals surface area contributed by atoms with E-state index >= 15 is 0 Å². The Morgan fingerprint density at radius 1 is 0.818 bits per heavy atom. The highest BCUT2D eigenvalue weighted by Crippen LogP contribution is 2.47. The monoisotopic (exact) mass is 258 g/mol. The first-order valence-corrected chi connectivity index (χ1v) is 7.50. The fourth-order valence-corrected chi connectivity index (χ4v) is 3.79. The lowest BCUT2D eigenvalue weighted by atomic mass is 15.8. The predicted octanol–water partition coefficient (Wildman–Crippen LogP) is 1.30. The fraction of sp³-hybridized carbons (Fsp3) is 0. The minimum atomic E-state index is -2.38. The molecule has 0 unspecified atom stereocenters. The number of hydrogen-bond acceptors (Lipinski definition) is 9. The minimum absolute atomic E-state index is 0.675. The summed E-state index contributed by atoms with van der Waals surface area (Å²) in [6.45, 7) is 0. The van der Waals surface area contributed by atoms with E-state index in [1.807, 2.05) is 0 Å². The van der Waals surface area contributed by atoms with Gasteiger partial charge in [-0.2, -0.15) is 0 Å². The fourth-order valence-electron chi connectivity index (χ4n) is 0.0906. The summed E-state index contributed by atoms with van der Waals surface area (Å²) in [7, 11) is -3.87. The molecular weight excluding hydrogens is 254 g/mol. The van der Waals surface area contributed by atoms with Gasteiger partial charge in [-0.1, -0.05) is 0 Å². The summed E-state index contributed by atoms with van der Waals surface area (Å²) in [5.41, 5.74) is 0. The average molecular weight is 258 g/mol. The van der Waals surface area contributed by atoms with Crippen LogP contribution in [0.15, 0.2) is 0 Å². The summed E-state index contributed by atoms with van der Waals surface area (Å²) in [6, 6.07) is 0. The highest BCUT2D eigenvalue weighted by molar-refractivity contribution is 9.07. The van der Waals surface area contributed by atoms with Crippen molar-refractivity contribution in [2.45, 2.75) is 0 Å². The molecule has 0 aromatic rings. The van der Waals surface area contributed by atoms with Crippen LogP contribution < -0.4 is 0 Å². The topological polar surface area (TPSA) is 99.4 Å². The zero-order chi connectivity index (χ0) is 8.69. The van der Waals surface area contributed by atoms with Gasteiger partial charge in [-0.3, -0.25) is 0 Å². The second kappa shape index (κ2) is 8.28. The second-order valence-corrected chi connectivity index (χ2v) is 5.92. The zero-order valence-electron chi connectivity index (χ0n) is 4.72. The maximum Gasteiger partial charge on any atom is 0.340 e. The average Bonchev–Trinajstić information content (AvgIpc) is 1.85. The predicted molar refractivity (Wildman–Crippen MR) is 47.7 cm³/mol. The Kier molecular flexibility index (Phi) is 9.53. The Labute approximate surface area is 76.9 Å². The lowest BCUT2D eigenvalue weighted by molar-refractivity contribution is 0.398. The highest BCUT2D eigenvalue weighted by Gasteiger charge is 2.03. The first kappa shape index (κ1) is 12.7. The van der Waals surface area contributed by atoms with Gasteiger partial charge in [0.05, 0.1) is 22.1 Å². The lowest BCUT2D eigenvalue weighted by Crippen LogP contribution is -1.67. The molecule has 0 amide bonds. The van der Waals surface area contributed by atoms with E-state index in [-0.39, 0.29) is 0 Å². The molecule has 0 rings (SSSR count). The summed E-state index contributed by atoms with van der Waals surface area (Å²) in [5, 5.41) is 0. The first-order valence-electron chi connectivity index (χ1n) is 1.83. The first-order chi connectivity index (χ1) is 5.13. The Morgan fingerprint density at radius 3 is 1.45 bits per heavy atom. The maximum absolute atomic E-state index is 8.18. The van der Waals surface area contributed by atoms with Crippen LogP contribution in [0.2, 0.25) is 0 Å². The molecule has 0 aromatic heterocycles. The molecule has 0 saturated carbocycles. The molecule has 11 heavy (non-hydrogen) atoms. The van der Waals surface area contributed by atoms with Crippen LogP contribution in [0.3, 0.4) is 0 Å². The third-order valence-corrected chi connectivity index (χ3v) is 4.34. The minimum Gasteiger partial charge on any atom is -0.327 e. The van der Waals surface area contributed by atoms with Gasteiger partial charge >= 0.3 is 17.2 Å². The highest BCUT2D eigenvalue weighted by atomic mass is 33.5. The molecular formula is H4O6P2S3. The largest absolute Gasteiger partial charge is 0.340 e. The van der Waals surface area contributed by atoms with Crippen LogP contribution in [0.1, 0.15) is 0 Å². The molecule has 0 radical (unpaired) electrons. The van der Waals surface area contributed by atoms with E-state index in [0.717, 1.165) is 9.83 Å². The molecule has 0 atom stereocenters. The smallest absolute Gasteiger partial charge is 0.327 e. The Balaban J connectivity index is 2.91. The van der Waals surface area contributed by atoms with Crippen LogP contribution in [0.4, 0.5) is 0 Å². The molecule has 11 heteroatoms. The molecule has 0 saturated heterocycles. The molecule has 0 bridgehead atoms. The summed E-state index contributed by atoms with van der Waals surface area (Å²) in [4.78, 5) is 32.7.